The van der Waals surface area contributed by atoms with Gasteiger partial charge < -0.3 is 14.6 Å². The molecule has 0 bridgehead atoms. The maximum Gasteiger partial charge on any atom is 0.224 e. The van der Waals surface area contributed by atoms with E-state index in [2.05, 4.69) is 72.3 Å². The van der Waals surface area contributed by atoms with E-state index < -0.39 is 0 Å². The molecule has 0 aliphatic heterocycles. The predicted molar refractivity (Wildman–Crippen MR) is 163 cm³/mol. The number of hydrogen-bond donors (Lipinski definition) is 1. The summed E-state index contributed by atoms with van der Waals surface area (Å²) in [5, 5.41) is 3.08. The molecule has 0 saturated heterocycles. The van der Waals surface area contributed by atoms with Gasteiger partial charge in [-0.05, 0) is 52.8 Å². The van der Waals surface area contributed by atoms with Crippen molar-refractivity contribution < 1.29 is 9.53 Å². The fraction of sp³-hybridized carbons (Fsp3) is 0.257. The molecule has 40 heavy (non-hydrogen) atoms. The predicted octanol–water partition coefficient (Wildman–Crippen LogP) is 7.20. The Kier molecular flexibility index (Phi) is 8.92. The summed E-state index contributed by atoms with van der Waals surface area (Å²) in [4.78, 5) is 17.5. The van der Waals surface area contributed by atoms with Gasteiger partial charge in [-0.1, -0.05) is 98.8 Å². The van der Waals surface area contributed by atoms with E-state index in [1.165, 1.54) is 11.1 Å². The van der Waals surface area contributed by atoms with E-state index in [4.69, 9.17) is 9.72 Å². The molecule has 0 aliphatic carbocycles. The van der Waals surface area contributed by atoms with Gasteiger partial charge in [-0.15, -0.1) is 0 Å². The van der Waals surface area contributed by atoms with Crippen molar-refractivity contribution in [3.8, 4) is 16.9 Å². The third-order valence-corrected chi connectivity index (χ3v) is 7.17. The Hall–Kier alpha value is -4.38. The number of carbonyl (C=O) groups is 1. The molecule has 0 radical (unpaired) electrons. The van der Waals surface area contributed by atoms with Crippen molar-refractivity contribution in [2.75, 3.05) is 13.2 Å². The number of amides is 1. The molecule has 0 saturated carbocycles. The lowest BCUT2D eigenvalue weighted by Gasteiger charge is -2.15. The quantitative estimate of drug-likeness (QED) is 0.173. The van der Waals surface area contributed by atoms with E-state index in [9.17, 15) is 4.79 Å². The molecule has 0 fully saturated rings. The molecule has 204 valence electrons. The first-order chi connectivity index (χ1) is 19.6. The summed E-state index contributed by atoms with van der Waals surface area (Å²) in [5.41, 5.74) is 6.67. The maximum absolute atomic E-state index is 12.6. The van der Waals surface area contributed by atoms with E-state index in [0.29, 0.717) is 32.0 Å². The Bertz CT molecular complexity index is 1540. The molecular weight excluding hydrogens is 494 g/mol. The van der Waals surface area contributed by atoms with Crippen LogP contribution in [0.15, 0.2) is 103 Å². The molecule has 5 aromatic rings. The van der Waals surface area contributed by atoms with Crippen LogP contribution in [0.3, 0.4) is 0 Å². The van der Waals surface area contributed by atoms with Crippen LogP contribution in [-0.4, -0.2) is 28.6 Å². The van der Waals surface area contributed by atoms with Crippen molar-refractivity contribution in [1.82, 2.24) is 14.9 Å². The van der Waals surface area contributed by atoms with Gasteiger partial charge >= 0.3 is 0 Å². The van der Waals surface area contributed by atoms with Crippen LogP contribution in [0.5, 0.6) is 5.75 Å². The van der Waals surface area contributed by atoms with E-state index in [0.717, 1.165) is 46.6 Å². The Morgan fingerprint density at radius 2 is 1.55 bits per heavy atom. The Morgan fingerprint density at radius 3 is 2.35 bits per heavy atom. The monoisotopic (exact) mass is 531 g/mol. The number of rotatable bonds is 12. The van der Waals surface area contributed by atoms with Crippen LogP contribution in [0, 0.1) is 0 Å². The van der Waals surface area contributed by atoms with Crippen LogP contribution in [0.1, 0.15) is 43.1 Å². The first kappa shape index (κ1) is 27.2. The van der Waals surface area contributed by atoms with Gasteiger partial charge in [0.15, 0.2) is 0 Å². The third-order valence-electron chi connectivity index (χ3n) is 7.17. The number of aromatic nitrogens is 2. The number of ether oxygens (including phenoxy) is 1. The summed E-state index contributed by atoms with van der Waals surface area (Å²) in [6.45, 7) is 6.26. The Labute approximate surface area is 236 Å². The molecular formula is C35H37N3O2. The molecule has 1 aromatic heterocycles. The summed E-state index contributed by atoms with van der Waals surface area (Å²) in [7, 11) is 0. The van der Waals surface area contributed by atoms with Crippen LogP contribution in [0.2, 0.25) is 0 Å². The van der Waals surface area contributed by atoms with E-state index in [1.807, 2.05) is 54.6 Å². The van der Waals surface area contributed by atoms with Gasteiger partial charge in [0.25, 0.3) is 0 Å². The van der Waals surface area contributed by atoms with Crippen LogP contribution >= 0.6 is 0 Å². The molecule has 1 heterocycles. The summed E-state index contributed by atoms with van der Waals surface area (Å²) < 4.78 is 8.47. The number of fused-ring (bicyclic) bond motifs is 1. The lowest BCUT2D eigenvalue weighted by atomic mass is 10.0. The van der Waals surface area contributed by atoms with E-state index in [1.54, 1.807) is 0 Å². The molecule has 5 rings (SSSR count). The molecule has 0 spiro atoms. The normalized spacial score (nSPS) is 11.2. The molecule has 0 atom stereocenters. The number of nitrogens with one attached hydrogen (secondary N) is 1. The fourth-order valence-corrected chi connectivity index (χ4v) is 5.07. The van der Waals surface area contributed by atoms with Crippen molar-refractivity contribution in [3.05, 3.63) is 120 Å². The molecule has 1 N–H and O–H groups in total. The number of carbonyl (C=O) groups excluding carboxylic acids is 1. The van der Waals surface area contributed by atoms with Crippen molar-refractivity contribution in [3.63, 3.8) is 0 Å². The molecule has 5 nitrogen and oxygen atoms in total. The van der Waals surface area contributed by atoms with Gasteiger partial charge in [-0.3, -0.25) is 4.79 Å². The molecule has 0 unspecified atom stereocenters. The third kappa shape index (κ3) is 6.78. The minimum atomic E-state index is 0.0400. The highest BCUT2D eigenvalue weighted by molar-refractivity contribution is 5.79. The lowest BCUT2D eigenvalue weighted by Crippen LogP contribution is -2.26. The number of imidazole rings is 1. The van der Waals surface area contributed by atoms with E-state index >= 15 is 0 Å². The minimum absolute atomic E-state index is 0.0400. The largest absolute Gasteiger partial charge is 0.491 e. The highest BCUT2D eigenvalue weighted by atomic mass is 16.5. The summed E-state index contributed by atoms with van der Waals surface area (Å²) in [5.74, 6) is 2.41. The number of hydrogen-bond acceptors (Lipinski definition) is 3. The van der Waals surface area contributed by atoms with Gasteiger partial charge in [0.1, 0.15) is 18.2 Å². The molecule has 1 amide bonds. The minimum Gasteiger partial charge on any atom is -0.491 e. The van der Waals surface area contributed by atoms with Gasteiger partial charge in [0, 0.05) is 13.0 Å². The van der Waals surface area contributed by atoms with Gasteiger partial charge in [0.05, 0.1) is 24.0 Å². The zero-order valence-electron chi connectivity index (χ0n) is 23.3. The second-order valence-electron chi connectivity index (χ2n) is 10.4. The summed E-state index contributed by atoms with van der Waals surface area (Å²) >= 11 is 0. The van der Waals surface area contributed by atoms with Gasteiger partial charge in [-0.2, -0.15) is 0 Å². The smallest absolute Gasteiger partial charge is 0.224 e. The Balaban J connectivity index is 1.14. The van der Waals surface area contributed by atoms with Gasteiger partial charge in [0.2, 0.25) is 5.91 Å². The summed E-state index contributed by atoms with van der Waals surface area (Å²) in [6, 6.07) is 35.0. The first-order valence-corrected chi connectivity index (χ1v) is 14.2. The second-order valence-corrected chi connectivity index (χ2v) is 10.4. The number of benzene rings is 4. The topological polar surface area (TPSA) is 56.1 Å². The lowest BCUT2D eigenvalue weighted by molar-refractivity contribution is -0.120. The van der Waals surface area contributed by atoms with Gasteiger partial charge in [-0.25, -0.2) is 4.98 Å². The highest BCUT2D eigenvalue weighted by Gasteiger charge is 2.12. The highest BCUT2D eigenvalue weighted by Crippen LogP contribution is 2.26. The van der Waals surface area contributed by atoms with Crippen molar-refractivity contribution >= 4 is 16.9 Å². The number of aryl methyl sites for hydroxylation is 1. The number of nitrogens with zero attached hydrogens (tertiary/aromatic N) is 2. The van der Waals surface area contributed by atoms with Crippen LogP contribution in [0.25, 0.3) is 22.2 Å². The first-order valence-electron chi connectivity index (χ1n) is 14.2. The maximum atomic E-state index is 12.6. The average molecular weight is 532 g/mol. The zero-order valence-corrected chi connectivity index (χ0v) is 23.3. The Morgan fingerprint density at radius 1 is 0.850 bits per heavy atom. The number of para-hydroxylation sites is 3. The zero-order chi connectivity index (χ0) is 27.7. The molecule has 0 aliphatic rings. The molecule has 4 aromatic carbocycles. The van der Waals surface area contributed by atoms with Crippen LogP contribution < -0.4 is 10.1 Å². The van der Waals surface area contributed by atoms with Crippen molar-refractivity contribution in [2.45, 2.75) is 45.6 Å². The van der Waals surface area contributed by atoms with Crippen molar-refractivity contribution in [2.24, 2.45) is 0 Å². The van der Waals surface area contributed by atoms with Crippen molar-refractivity contribution in [1.29, 1.82) is 0 Å². The SMILES string of the molecule is CC(C)c1ccccc1OCCn1c(CCCNC(=O)Cc2ccc(-c3ccccc3)cc2)nc2ccccc21. The molecule has 5 heteroatoms. The second kappa shape index (κ2) is 13.1. The van der Waals surface area contributed by atoms with E-state index in [-0.39, 0.29) is 5.91 Å². The standard InChI is InChI=1S/C35H37N3O2/c1-26(2)30-13-6-9-16-33(30)40-24-23-38-32-15-8-7-14-31(32)37-34(38)17-10-22-36-35(39)25-27-18-20-29(21-19-27)28-11-4-3-5-12-28/h3-9,11-16,18-21,26H,10,17,22-25H2,1-2H3,(H,36,39). The van der Waals surface area contributed by atoms with Crippen LogP contribution in [0.4, 0.5) is 0 Å². The van der Waals surface area contributed by atoms with Crippen LogP contribution in [-0.2, 0) is 24.2 Å². The fourth-order valence-electron chi connectivity index (χ4n) is 5.07. The summed E-state index contributed by atoms with van der Waals surface area (Å²) in [6.07, 6.45) is 1.98. The average Bonchev–Trinajstić information content (AvgIpc) is 3.33.